The van der Waals surface area contributed by atoms with Crippen LogP contribution in [-0.2, 0) is 9.47 Å². The van der Waals surface area contributed by atoms with Crippen LogP contribution in [0.15, 0.2) is 18.8 Å². The lowest BCUT2D eigenvalue weighted by Gasteiger charge is -2.38. The second-order valence-corrected chi connectivity index (χ2v) is 5.28. The van der Waals surface area contributed by atoms with Crippen LogP contribution in [0.5, 0.6) is 0 Å². The van der Waals surface area contributed by atoms with Crippen molar-refractivity contribution in [2.75, 3.05) is 31.2 Å². The molecule has 2 saturated heterocycles. The van der Waals surface area contributed by atoms with Gasteiger partial charge in [0.1, 0.15) is 5.82 Å². The van der Waals surface area contributed by atoms with Crippen molar-refractivity contribution in [1.82, 2.24) is 4.98 Å². The molecule has 2 aliphatic heterocycles. The Labute approximate surface area is 118 Å². The fourth-order valence-corrected chi connectivity index (χ4v) is 2.93. The van der Waals surface area contributed by atoms with Gasteiger partial charge in [0.25, 0.3) is 0 Å². The molecule has 0 radical (unpaired) electrons. The summed E-state index contributed by atoms with van der Waals surface area (Å²) in [4.78, 5) is 6.61. The minimum atomic E-state index is -0.357. The van der Waals surface area contributed by atoms with Crippen molar-refractivity contribution in [2.24, 2.45) is 0 Å². The van der Waals surface area contributed by atoms with Gasteiger partial charge in [0.2, 0.25) is 0 Å². The van der Waals surface area contributed by atoms with E-state index in [4.69, 9.17) is 21.1 Å². The zero-order valence-electron chi connectivity index (χ0n) is 10.8. The van der Waals surface area contributed by atoms with Crippen LogP contribution in [0.1, 0.15) is 18.4 Å². The van der Waals surface area contributed by atoms with E-state index in [9.17, 15) is 0 Å². The van der Waals surface area contributed by atoms with Gasteiger partial charge in [-0.05, 0) is 11.6 Å². The molecule has 0 bridgehead atoms. The van der Waals surface area contributed by atoms with Crippen molar-refractivity contribution >= 4 is 23.5 Å². The summed E-state index contributed by atoms with van der Waals surface area (Å²) in [5.41, 5.74) is 0.935. The second kappa shape index (κ2) is 5.12. The first kappa shape index (κ1) is 12.9. The van der Waals surface area contributed by atoms with E-state index in [0.717, 1.165) is 37.3 Å². The van der Waals surface area contributed by atoms with E-state index in [2.05, 4.69) is 16.5 Å². The van der Waals surface area contributed by atoms with Crippen LogP contribution in [0.3, 0.4) is 0 Å². The Bertz CT molecular complexity index is 476. The Morgan fingerprint density at radius 3 is 2.58 bits per heavy atom. The van der Waals surface area contributed by atoms with Crippen molar-refractivity contribution in [1.29, 1.82) is 0 Å². The maximum atomic E-state index is 6.28. The molecule has 0 saturated carbocycles. The molecule has 0 aliphatic carbocycles. The molecule has 2 fully saturated rings. The SMILES string of the molecule is C=Cc1cnc(N2CCC3(CC2)OCCO3)c(Cl)c1. The number of ether oxygens (including phenoxy) is 2. The third-order valence-corrected chi connectivity index (χ3v) is 4.00. The summed E-state index contributed by atoms with van der Waals surface area (Å²) < 4.78 is 11.4. The zero-order valence-corrected chi connectivity index (χ0v) is 11.5. The predicted octanol–water partition coefficient (Wildman–Crippen LogP) is 2.72. The number of aromatic nitrogens is 1. The Hall–Kier alpha value is -1.10. The number of pyridine rings is 1. The summed E-state index contributed by atoms with van der Waals surface area (Å²) >= 11 is 6.28. The van der Waals surface area contributed by atoms with Crippen molar-refractivity contribution in [3.63, 3.8) is 0 Å². The Morgan fingerprint density at radius 1 is 1.32 bits per heavy atom. The average Bonchev–Trinajstić information content (AvgIpc) is 2.88. The molecule has 0 aromatic carbocycles. The normalized spacial score (nSPS) is 21.8. The van der Waals surface area contributed by atoms with Crippen molar-refractivity contribution in [3.8, 4) is 0 Å². The summed E-state index contributed by atoms with van der Waals surface area (Å²) in [7, 11) is 0. The minimum absolute atomic E-state index is 0.357. The lowest BCUT2D eigenvalue weighted by atomic mass is 10.0. The molecule has 3 heterocycles. The number of hydrogen-bond acceptors (Lipinski definition) is 4. The van der Waals surface area contributed by atoms with Crippen LogP contribution < -0.4 is 4.90 Å². The third-order valence-electron chi connectivity index (χ3n) is 3.72. The van der Waals surface area contributed by atoms with Gasteiger partial charge in [0.05, 0.1) is 18.2 Å². The summed E-state index contributed by atoms with van der Waals surface area (Å²) in [5, 5.41) is 0.668. The van der Waals surface area contributed by atoms with Crippen LogP contribution in [0.4, 0.5) is 5.82 Å². The molecular formula is C14H17ClN2O2. The van der Waals surface area contributed by atoms with E-state index in [1.807, 2.05) is 6.07 Å². The lowest BCUT2D eigenvalue weighted by Crippen LogP contribution is -2.45. The van der Waals surface area contributed by atoms with Gasteiger partial charge in [-0.3, -0.25) is 0 Å². The number of rotatable bonds is 2. The Balaban J connectivity index is 1.72. The minimum Gasteiger partial charge on any atom is -0.355 e. The maximum absolute atomic E-state index is 6.28. The molecule has 2 aliphatic rings. The van der Waals surface area contributed by atoms with Crippen LogP contribution in [0.25, 0.3) is 6.08 Å². The molecule has 1 spiro atoms. The van der Waals surface area contributed by atoms with Crippen LogP contribution in [-0.4, -0.2) is 37.1 Å². The van der Waals surface area contributed by atoms with Crippen molar-refractivity contribution in [2.45, 2.75) is 18.6 Å². The first-order valence-electron chi connectivity index (χ1n) is 6.53. The molecule has 0 atom stereocenters. The second-order valence-electron chi connectivity index (χ2n) is 4.87. The Morgan fingerprint density at radius 2 is 2.00 bits per heavy atom. The van der Waals surface area contributed by atoms with E-state index in [-0.39, 0.29) is 5.79 Å². The summed E-state index contributed by atoms with van der Waals surface area (Å²) in [6.45, 7) is 6.81. The topological polar surface area (TPSA) is 34.6 Å². The van der Waals surface area contributed by atoms with E-state index in [1.54, 1.807) is 12.3 Å². The first-order valence-corrected chi connectivity index (χ1v) is 6.91. The molecule has 1 aromatic rings. The van der Waals surface area contributed by atoms with E-state index >= 15 is 0 Å². The van der Waals surface area contributed by atoms with Gasteiger partial charge in [-0.2, -0.15) is 0 Å². The highest BCUT2D eigenvalue weighted by molar-refractivity contribution is 6.33. The van der Waals surface area contributed by atoms with Gasteiger partial charge in [-0.25, -0.2) is 4.98 Å². The number of halogens is 1. The zero-order chi connectivity index (χ0) is 13.3. The van der Waals surface area contributed by atoms with Gasteiger partial charge in [-0.15, -0.1) is 0 Å². The molecule has 19 heavy (non-hydrogen) atoms. The quantitative estimate of drug-likeness (QED) is 0.834. The standard InChI is InChI=1S/C14H17ClN2O2/c1-2-11-9-12(15)13(16-10-11)17-5-3-14(4-6-17)18-7-8-19-14/h2,9-10H,1,3-8H2. The van der Waals surface area contributed by atoms with Crippen molar-refractivity contribution < 1.29 is 9.47 Å². The Kier molecular flexibility index (Phi) is 3.48. The van der Waals surface area contributed by atoms with Gasteiger partial charge in [0.15, 0.2) is 5.79 Å². The average molecular weight is 281 g/mol. The van der Waals surface area contributed by atoms with Gasteiger partial charge in [0, 0.05) is 32.1 Å². The van der Waals surface area contributed by atoms with Crippen LogP contribution >= 0.6 is 11.6 Å². The molecule has 0 amide bonds. The molecular weight excluding hydrogens is 264 g/mol. The maximum Gasteiger partial charge on any atom is 0.171 e. The van der Waals surface area contributed by atoms with Crippen LogP contribution in [0.2, 0.25) is 5.02 Å². The predicted molar refractivity (Wildman–Crippen MR) is 75.4 cm³/mol. The summed E-state index contributed by atoms with van der Waals surface area (Å²) in [6.07, 6.45) is 5.25. The number of hydrogen-bond donors (Lipinski definition) is 0. The molecule has 1 aromatic heterocycles. The van der Waals surface area contributed by atoms with Gasteiger partial charge < -0.3 is 14.4 Å². The largest absolute Gasteiger partial charge is 0.355 e. The van der Waals surface area contributed by atoms with Gasteiger partial charge >= 0.3 is 0 Å². The van der Waals surface area contributed by atoms with Crippen LogP contribution in [0, 0.1) is 0 Å². The molecule has 5 heteroatoms. The first-order chi connectivity index (χ1) is 9.22. The molecule has 4 nitrogen and oxygen atoms in total. The van der Waals surface area contributed by atoms with E-state index in [1.165, 1.54) is 0 Å². The van der Waals surface area contributed by atoms with E-state index < -0.39 is 0 Å². The fraction of sp³-hybridized carbons (Fsp3) is 0.500. The number of nitrogens with zero attached hydrogens (tertiary/aromatic N) is 2. The smallest absolute Gasteiger partial charge is 0.171 e. The number of anilines is 1. The molecule has 102 valence electrons. The summed E-state index contributed by atoms with van der Waals surface area (Å²) in [6, 6.07) is 1.89. The number of piperidine rings is 1. The monoisotopic (exact) mass is 280 g/mol. The highest BCUT2D eigenvalue weighted by Gasteiger charge is 2.40. The third kappa shape index (κ3) is 2.48. The molecule has 0 unspecified atom stereocenters. The lowest BCUT2D eigenvalue weighted by molar-refractivity contribution is -0.169. The highest BCUT2D eigenvalue weighted by atomic mass is 35.5. The highest BCUT2D eigenvalue weighted by Crippen LogP contribution is 2.34. The fourth-order valence-electron chi connectivity index (χ4n) is 2.63. The van der Waals surface area contributed by atoms with Gasteiger partial charge in [-0.1, -0.05) is 24.3 Å². The van der Waals surface area contributed by atoms with E-state index in [0.29, 0.717) is 18.2 Å². The molecule has 0 N–H and O–H groups in total. The molecule has 3 rings (SSSR count). The van der Waals surface area contributed by atoms with Crippen molar-refractivity contribution in [3.05, 3.63) is 29.4 Å². The summed E-state index contributed by atoms with van der Waals surface area (Å²) in [5.74, 6) is 0.476.